The summed E-state index contributed by atoms with van der Waals surface area (Å²) in [6, 6.07) is 16.1. The van der Waals surface area contributed by atoms with Gasteiger partial charge in [0, 0.05) is 17.3 Å². The third-order valence-electron chi connectivity index (χ3n) is 6.71. The topological polar surface area (TPSA) is 93.2 Å². The van der Waals surface area contributed by atoms with Crippen molar-refractivity contribution in [3.63, 3.8) is 0 Å². The Morgan fingerprint density at radius 2 is 1.43 bits per heavy atom. The zero-order valence-electron chi connectivity index (χ0n) is 23.6. The molecule has 1 heterocycles. The Balaban J connectivity index is 2.25. The second kappa shape index (κ2) is 13.5. The first-order valence-corrected chi connectivity index (χ1v) is 14.6. The van der Waals surface area contributed by atoms with Crippen LogP contribution >= 0.6 is 0 Å². The van der Waals surface area contributed by atoms with Crippen molar-refractivity contribution in [3.05, 3.63) is 88.3 Å². The van der Waals surface area contributed by atoms with E-state index in [1.807, 2.05) is 37.3 Å². The van der Waals surface area contributed by atoms with Crippen molar-refractivity contribution >= 4 is 22.0 Å². The third-order valence-corrected chi connectivity index (χ3v) is 8.43. The molecule has 212 valence electrons. The van der Waals surface area contributed by atoms with Gasteiger partial charge in [0.1, 0.15) is 0 Å². The molecule has 0 fully saturated rings. The van der Waals surface area contributed by atoms with Gasteiger partial charge in [0.2, 0.25) is 0 Å². The Hall–Kier alpha value is -3.87. The lowest BCUT2D eigenvalue weighted by molar-refractivity contribution is -0.140. The first-order chi connectivity index (χ1) is 19.1. The summed E-state index contributed by atoms with van der Waals surface area (Å²) in [6.07, 6.45) is 6.61. The predicted molar refractivity (Wildman–Crippen MR) is 153 cm³/mol. The minimum atomic E-state index is -4.20. The van der Waals surface area contributed by atoms with Gasteiger partial charge >= 0.3 is 11.9 Å². The van der Waals surface area contributed by atoms with E-state index < -0.39 is 27.9 Å². The third kappa shape index (κ3) is 6.46. The van der Waals surface area contributed by atoms with Crippen molar-refractivity contribution in [1.29, 1.82) is 0 Å². The van der Waals surface area contributed by atoms with Crippen LogP contribution in [0.25, 0.3) is 0 Å². The van der Waals surface area contributed by atoms with Gasteiger partial charge in [-0.15, -0.1) is 6.42 Å². The molecule has 0 N–H and O–H groups in total. The highest BCUT2D eigenvalue weighted by atomic mass is 32.2. The van der Waals surface area contributed by atoms with Gasteiger partial charge in [0.25, 0.3) is 10.0 Å². The van der Waals surface area contributed by atoms with Gasteiger partial charge in [-0.25, -0.2) is 18.0 Å². The molecule has 0 radical (unpaired) electrons. The highest BCUT2D eigenvalue weighted by Crippen LogP contribution is 2.41. The number of hydrazine groups is 1. The first-order valence-electron chi connectivity index (χ1n) is 13.2. The molecule has 9 heteroatoms. The number of hydrogen-bond acceptors (Lipinski definition) is 7. The average Bonchev–Trinajstić information content (AvgIpc) is 2.92. The summed E-state index contributed by atoms with van der Waals surface area (Å²) < 4.78 is 39.7. The van der Waals surface area contributed by atoms with Crippen molar-refractivity contribution in [2.75, 3.05) is 19.8 Å². The van der Waals surface area contributed by atoms with E-state index in [-0.39, 0.29) is 35.8 Å². The van der Waals surface area contributed by atoms with Gasteiger partial charge in [-0.1, -0.05) is 58.4 Å². The van der Waals surface area contributed by atoms with Crippen LogP contribution in [-0.2, 0) is 35.5 Å². The summed E-state index contributed by atoms with van der Waals surface area (Å²) in [7, 11) is -4.20. The molecule has 0 aromatic heterocycles. The molecule has 0 aliphatic carbocycles. The van der Waals surface area contributed by atoms with Crippen LogP contribution in [0.1, 0.15) is 45.2 Å². The largest absolute Gasteiger partial charge is 0.463 e. The molecular weight excluding hydrogens is 528 g/mol. The molecule has 0 unspecified atom stereocenters. The second-order valence-electron chi connectivity index (χ2n) is 9.33. The standard InChI is InChI=1S/C31H36N2O6S/c1-7-21-32(40(36,37)26-18-15-22(4)16-19-26)33-23(5)28(30(34)38-8-2)27(20-17-25-13-11-10-12-14-25)29(24(33)6)31(35)39-9-3/h1,10-16,18-19,27H,8-9,17,20-21H2,2-6H3. The van der Waals surface area contributed by atoms with Gasteiger partial charge in [0.05, 0.1) is 35.8 Å². The molecule has 0 amide bonds. The first kappa shape index (κ1) is 30.7. The number of carbonyl (C=O) groups excluding carboxylic acids is 2. The van der Waals surface area contributed by atoms with E-state index in [2.05, 4.69) is 5.92 Å². The average molecular weight is 565 g/mol. The van der Waals surface area contributed by atoms with Crippen molar-refractivity contribution < 1.29 is 27.5 Å². The van der Waals surface area contributed by atoms with Gasteiger partial charge in [0.15, 0.2) is 0 Å². The molecule has 0 saturated heterocycles. The molecule has 0 saturated carbocycles. The maximum atomic E-state index is 13.9. The van der Waals surface area contributed by atoms with Crippen LogP contribution in [0.15, 0.2) is 82.0 Å². The van der Waals surface area contributed by atoms with E-state index in [1.54, 1.807) is 39.8 Å². The van der Waals surface area contributed by atoms with Crippen LogP contribution in [0.3, 0.4) is 0 Å². The fourth-order valence-electron chi connectivity index (χ4n) is 4.88. The maximum absolute atomic E-state index is 13.9. The minimum Gasteiger partial charge on any atom is -0.463 e. The van der Waals surface area contributed by atoms with Crippen molar-refractivity contribution in [1.82, 2.24) is 9.42 Å². The lowest BCUT2D eigenvalue weighted by Gasteiger charge is -2.42. The summed E-state index contributed by atoms with van der Waals surface area (Å²) >= 11 is 0. The molecule has 40 heavy (non-hydrogen) atoms. The molecule has 1 aliphatic heterocycles. The van der Waals surface area contributed by atoms with E-state index >= 15 is 0 Å². The lowest BCUT2D eigenvalue weighted by atomic mass is 9.81. The minimum absolute atomic E-state index is 0.0236. The molecule has 0 bridgehead atoms. The van der Waals surface area contributed by atoms with Crippen LogP contribution in [0.2, 0.25) is 0 Å². The lowest BCUT2D eigenvalue weighted by Crippen LogP contribution is -2.48. The number of carbonyl (C=O) groups is 2. The molecule has 8 nitrogen and oxygen atoms in total. The fraction of sp³-hybridized carbons (Fsp3) is 0.355. The molecule has 2 aromatic rings. The molecule has 3 rings (SSSR count). The summed E-state index contributed by atoms with van der Waals surface area (Å²) in [5.74, 6) is 0.460. The van der Waals surface area contributed by atoms with E-state index in [0.717, 1.165) is 15.5 Å². The fourth-order valence-corrected chi connectivity index (χ4v) is 6.31. The Bertz CT molecular complexity index is 1390. The quantitative estimate of drug-likeness (QED) is 0.287. The van der Waals surface area contributed by atoms with Crippen LogP contribution in [0, 0.1) is 25.2 Å². The van der Waals surface area contributed by atoms with Crippen LogP contribution < -0.4 is 0 Å². The second-order valence-corrected chi connectivity index (χ2v) is 11.2. The summed E-state index contributed by atoms with van der Waals surface area (Å²) in [5.41, 5.74) is 2.92. The van der Waals surface area contributed by atoms with Gasteiger partial charge in [-0.05, 0) is 65.2 Å². The maximum Gasteiger partial charge on any atom is 0.336 e. The Morgan fingerprint density at radius 1 is 0.900 bits per heavy atom. The Kier molecular flexibility index (Phi) is 10.3. The highest BCUT2D eigenvalue weighted by molar-refractivity contribution is 7.89. The Morgan fingerprint density at radius 3 is 1.90 bits per heavy atom. The molecular formula is C31H36N2O6S. The van der Waals surface area contributed by atoms with E-state index in [9.17, 15) is 18.0 Å². The van der Waals surface area contributed by atoms with E-state index in [4.69, 9.17) is 15.9 Å². The highest BCUT2D eigenvalue weighted by Gasteiger charge is 2.43. The number of aryl methyl sites for hydroxylation is 2. The van der Waals surface area contributed by atoms with E-state index in [0.29, 0.717) is 24.2 Å². The van der Waals surface area contributed by atoms with Crippen molar-refractivity contribution in [2.24, 2.45) is 5.92 Å². The Labute approximate surface area is 237 Å². The number of rotatable bonds is 11. The van der Waals surface area contributed by atoms with Crippen molar-refractivity contribution in [2.45, 2.75) is 52.4 Å². The number of sulfonamides is 1. The molecule has 0 spiro atoms. The molecule has 2 aromatic carbocycles. The van der Waals surface area contributed by atoms with Crippen LogP contribution in [0.4, 0.5) is 0 Å². The zero-order valence-corrected chi connectivity index (χ0v) is 24.5. The number of ether oxygens (including phenoxy) is 2. The van der Waals surface area contributed by atoms with Gasteiger partial charge < -0.3 is 9.47 Å². The van der Waals surface area contributed by atoms with Gasteiger partial charge in [-0.3, -0.25) is 5.01 Å². The number of allylic oxidation sites excluding steroid dienone is 2. The predicted octanol–water partition coefficient (Wildman–Crippen LogP) is 4.77. The van der Waals surface area contributed by atoms with Gasteiger partial charge in [-0.2, -0.15) is 0 Å². The number of hydrogen-bond donors (Lipinski definition) is 0. The number of esters is 2. The summed E-state index contributed by atoms with van der Waals surface area (Å²) in [5, 5.41) is 1.34. The zero-order chi connectivity index (χ0) is 29.4. The monoisotopic (exact) mass is 564 g/mol. The number of benzene rings is 2. The molecule has 0 atom stereocenters. The van der Waals surface area contributed by atoms with Crippen molar-refractivity contribution in [3.8, 4) is 12.3 Å². The number of nitrogens with zero attached hydrogens (tertiary/aromatic N) is 2. The molecule has 1 aliphatic rings. The number of terminal acetylenes is 1. The normalized spacial score (nSPS) is 14.4. The summed E-state index contributed by atoms with van der Waals surface area (Å²) in [6.45, 7) is 8.38. The van der Waals surface area contributed by atoms with E-state index in [1.165, 1.54) is 17.1 Å². The SMILES string of the molecule is C#CCN(N1C(C)=C(C(=O)OCC)C(CCc2ccccc2)C(C(=O)OCC)=C1C)S(=O)(=O)c1ccc(C)cc1. The summed E-state index contributed by atoms with van der Waals surface area (Å²) in [4.78, 5) is 26.9. The van der Waals surface area contributed by atoms with Crippen LogP contribution in [0.5, 0.6) is 0 Å². The van der Waals surface area contributed by atoms with Crippen LogP contribution in [-0.4, -0.2) is 49.5 Å². The smallest absolute Gasteiger partial charge is 0.336 e.